The van der Waals surface area contributed by atoms with Crippen molar-refractivity contribution in [1.29, 1.82) is 0 Å². The first-order chi connectivity index (χ1) is 12.0. The second kappa shape index (κ2) is 9.22. The third-order valence-corrected chi connectivity index (χ3v) is 4.96. The van der Waals surface area contributed by atoms with Crippen LogP contribution in [0.2, 0.25) is 0 Å². The minimum Gasteiger partial charge on any atom is -0.491 e. The van der Waals surface area contributed by atoms with Crippen molar-refractivity contribution in [2.45, 2.75) is 39.5 Å². The number of nitrogens with two attached hydrogens (primary N) is 1. The van der Waals surface area contributed by atoms with Gasteiger partial charge in [-0.1, -0.05) is 32.4 Å². The molecular weight excluding hydrogens is 336 g/mol. The quantitative estimate of drug-likeness (QED) is 0.714. The highest BCUT2D eigenvalue weighted by molar-refractivity contribution is 7.14. The monoisotopic (exact) mass is 360 g/mol. The SMILES string of the molecule is CCCc1sc(C(=O)Nc2ccccc2OCCC(N)=O)cc1CC. The summed E-state index contributed by atoms with van der Waals surface area (Å²) < 4.78 is 5.56. The molecule has 0 unspecified atom stereocenters. The maximum absolute atomic E-state index is 12.6. The molecule has 2 rings (SSSR count). The molecule has 2 amide bonds. The van der Waals surface area contributed by atoms with Crippen LogP contribution < -0.4 is 15.8 Å². The first-order valence-corrected chi connectivity index (χ1v) is 9.29. The number of carbonyl (C=O) groups is 2. The van der Waals surface area contributed by atoms with Gasteiger partial charge in [0.15, 0.2) is 0 Å². The van der Waals surface area contributed by atoms with Gasteiger partial charge < -0.3 is 15.8 Å². The Labute approximate surface area is 152 Å². The molecule has 0 saturated heterocycles. The van der Waals surface area contributed by atoms with Crippen molar-refractivity contribution in [2.24, 2.45) is 5.73 Å². The highest BCUT2D eigenvalue weighted by Crippen LogP contribution is 2.28. The molecule has 6 heteroatoms. The molecule has 0 spiro atoms. The normalized spacial score (nSPS) is 10.5. The summed E-state index contributed by atoms with van der Waals surface area (Å²) in [5.41, 5.74) is 6.94. The number of benzene rings is 1. The number of nitrogens with one attached hydrogen (secondary N) is 1. The fourth-order valence-electron chi connectivity index (χ4n) is 2.46. The number of hydrogen-bond donors (Lipinski definition) is 2. The number of amides is 2. The van der Waals surface area contributed by atoms with E-state index in [1.54, 1.807) is 23.5 Å². The predicted molar refractivity (Wildman–Crippen MR) is 101 cm³/mol. The standard InChI is InChI=1S/C19H24N2O3S/c1-3-7-16-13(4-2)12-17(25-16)19(23)21-14-8-5-6-9-15(14)24-11-10-18(20)22/h5-6,8-9,12H,3-4,7,10-11H2,1-2H3,(H2,20,22)(H,21,23). The van der Waals surface area contributed by atoms with Crippen molar-refractivity contribution in [2.75, 3.05) is 11.9 Å². The lowest BCUT2D eigenvalue weighted by Gasteiger charge is -2.11. The molecule has 0 aliphatic heterocycles. The first kappa shape index (κ1) is 19.0. The van der Waals surface area contributed by atoms with Gasteiger partial charge in [0.2, 0.25) is 5.91 Å². The van der Waals surface area contributed by atoms with Gasteiger partial charge in [0.05, 0.1) is 23.6 Å². The van der Waals surface area contributed by atoms with Gasteiger partial charge in [-0.25, -0.2) is 0 Å². The molecular formula is C19H24N2O3S. The lowest BCUT2D eigenvalue weighted by atomic mass is 10.1. The third-order valence-electron chi connectivity index (χ3n) is 3.72. The molecule has 1 aromatic heterocycles. The number of para-hydroxylation sites is 2. The van der Waals surface area contributed by atoms with E-state index in [2.05, 4.69) is 19.2 Å². The second-order valence-corrected chi connectivity index (χ2v) is 6.81. The Balaban J connectivity index is 2.11. The van der Waals surface area contributed by atoms with E-state index in [1.807, 2.05) is 18.2 Å². The summed E-state index contributed by atoms with van der Waals surface area (Å²) in [6.07, 6.45) is 3.11. The fraction of sp³-hybridized carbons (Fsp3) is 0.368. The molecule has 0 saturated carbocycles. The summed E-state index contributed by atoms with van der Waals surface area (Å²) in [4.78, 5) is 25.4. The number of primary amides is 1. The smallest absolute Gasteiger partial charge is 0.265 e. The third kappa shape index (κ3) is 5.32. The molecule has 0 aliphatic carbocycles. The Morgan fingerprint density at radius 2 is 2.00 bits per heavy atom. The van der Waals surface area contributed by atoms with E-state index in [9.17, 15) is 9.59 Å². The molecule has 0 fully saturated rings. The molecule has 0 bridgehead atoms. The van der Waals surface area contributed by atoms with Crippen LogP contribution in [-0.4, -0.2) is 18.4 Å². The maximum Gasteiger partial charge on any atom is 0.265 e. The zero-order valence-electron chi connectivity index (χ0n) is 14.6. The summed E-state index contributed by atoms with van der Waals surface area (Å²) in [6, 6.07) is 9.14. The molecule has 1 heterocycles. The van der Waals surface area contributed by atoms with Crippen LogP contribution in [-0.2, 0) is 17.6 Å². The van der Waals surface area contributed by atoms with Gasteiger partial charge in [0.1, 0.15) is 5.75 Å². The Morgan fingerprint density at radius 1 is 1.24 bits per heavy atom. The minimum atomic E-state index is -0.421. The topological polar surface area (TPSA) is 81.4 Å². The van der Waals surface area contributed by atoms with Crippen molar-refractivity contribution in [3.63, 3.8) is 0 Å². The largest absolute Gasteiger partial charge is 0.491 e. The van der Waals surface area contributed by atoms with E-state index in [0.29, 0.717) is 16.3 Å². The summed E-state index contributed by atoms with van der Waals surface area (Å²) in [5, 5.41) is 2.90. The second-order valence-electron chi connectivity index (χ2n) is 5.68. The summed E-state index contributed by atoms with van der Waals surface area (Å²) in [5.74, 6) is -0.0400. The number of thiophene rings is 1. The first-order valence-electron chi connectivity index (χ1n) is 8.48. The van der Waals surface area contributed by atoms with Gasteiger partial charge in [-0.05, 0) is 36.6 Å². The molecule has 0 aliphatic rings. The molecule has 5 nitrogen and oxygen atoms in total. The van der Waals surface area contributed by atoms with Gasteiger partial charge in [0, 0.05) is 4.88 Å². The van der Waals surface area contributed by atoms with Crippen molar-refractivity contribution in [3.05, 3.63) is 45.6 Å². The van der Waals surface area contributed by atoms with E-state index in [1.165, 1.54) is 10.4 Å². The Hall–Kier alpha value is -2.34. The van der Waals surface area contributed by atoms with Crippen molar-refractivity contribution < 1.29 is 14.3 Å². The van der Waals surface area contributed by atoms with Crippen LogP contribution in [0.15, 0.2) is 30.3 Å². The molecule has 134 valence electrons. The van der Waals surface area contributed by atoms with E-state index in [-0.39, 0.29) is 18.9 Å². The van der Waals surface area contributed by atoms with Gasteiger partial charge in [0.25, 0.3) is 5.91 Å². The summed E-state index contributed by atoms with van der Waals surface area (Å²) in [7, 11) is 0. The molecule has 0 radical (unpaired) electrons. The van der Waals surface area contributed by atoms with Gasteiger partial charge >= 0.3 is 0 Å². The highest BCUT2D eigenvalue weighted by Gasteiger charge is 2.15. The number of rotatable bonds is 9. The average molecular weight is 360 g/mol. The van der Waals surface area contributed by atoms with Crippen LogP contribution >= 0.6 is 11.3 Å². The van der Waals surface area contributed by atoms with Gasteiger partial charge in [-0.15, -0.1) is 11.3 Å². The van der Waals surface area contributed by atoms with Crippen LogP contribution in [0.3, 0.4) is 0 Å². The fourth-order valence-corrected chi connectivity index (χ4v) is 3.71. The number of ether oxygens (including phenoxy) is 1. The predicted octanol–water partition coefficient (Wildman–Crippen LogP) is 3.77. The van der Waals surface area contributed by atoms with Gasteiger partial charge in [-0.2, -0.15) is 0 Å². The van der Waals surface area contributed by atoms with Gasteiger partial charge in [-0.3, -0.25) is 9.59 Å². The number of carbonyl (C=O) groups excluding carboxylic acids is 2. The van der Waals surface area contributed by atoms with Crippen molar-refractivity contribution in [1.82, 2.24) is 0 Å². The molecule has 25 heavy (non-hydrogen) atoms. The number of hydrogen-bond acceptors (Lipinski definition) is 4. The van der Waals surface area contributed by atoms with Crippen LogP contribution in [0, 0.1) is 0 Å². The highest BCUT2D eigenvalue weighted by atomic mass is 32.1. The van der Waals surface area contributed by atoms with E-state index in [0.717, 1.165) is 19.3 Å². The number of anilines is 1. The minimum absolute atomic E-state index is 0.132. The maximum atomic E-state index is 12.6. The zero-order chi connectivity index (χ0) is 18.2. The summed E-state index contributed by atoms with van der Waals surface area (Å²) >= 11 is 1.55. The zero-order valence-corrected chi connectivity index (χ0v) is 15.4. The van der Waals surface area contributed by atoms with Crippen molar-refractivity contribution >= 4 is 28.8 Å². The molecule has 3 N–H and O–H groups in total. The number of aryl methyl sites for hydroxylation is 2. The van der Waals surface area contributed by atoms with Crippen LogP contribution in [0.25, 0.3) is 0 Å². The van der Waals surface area contributed by atoms with E-state index < -0.39 is 5.91 Å². The lowest BCUT2D eigenvalue weighted by Crippen LogP contribution is -2.16. The molecule has 0 atom stereocenters. The lowest BCUT2D eigenvalue weighted by molar-refractivity contribution is -0.118. The Morgan fingerprint density at radius 3 is 2.68 bits per heavy atom. The van der Waals surface area contributed by atoms with E-state index in [4.69, 9.17) is 10.5 Å². The summed E-state index contributed by atoms with van der Waals surface area (Å²) in [6.45, 7) is 4.42. The molecule has 1 aromatic carbocycles. The van der Waals surface area contributed by atoms with Crippen LogP contribution in [0.5, 0.6) is 5.75 Å². The average Bonchev–Trinajstić information content (AvgIpc) is 2.99. The van der Waals surface area contributed by atoms with Crippen LogP contribution in [0.1, 0.15) is 46.8 Å². The Kier molecular flexibility index (Phi) is 7.01. The Bertz CT molecular complexity index is 740. The van der Waals surface area contributed by atoms with E-state index >= 15 is 0 Å². The molecule has 2 aromatic rings. The van der Waals surface area contributed by atoms with Crippen LogP contribution in [0.4, 0.5) is 5.69 Å². The van der Waals surface area contributed by atoms with Crippen molar-refractivity contribution in [3.8, 4) is 5.75 Å².